The predicted octanol–water partition coefficient (Wildman–Crippen LogP) is 0.933. The number of furan rings is 1. The number of hydrogen-bond acceptors (Lipinski definition) is 6. The number of aromatic nitrogens is 3. The van der Waals surface area contributed by atoms with E-state index in [1.807, 2.05) is 0 Å². The molecule has 0 radical (unpaired) electrons. The topological polar surface area (TPSA) is 93.5 Å². The number of carboxylic acid groups (broad SMARTS) is 1. The molecule has 0 bridgehead atoms. The largest absolute Gasteiger partial charge is 0.477 e. The molecule has 17 heavy (non-hydrogen) atoms. The fourth-order valence-corrected chi connectivity index (χ4v) is 2.19. The lowest BCUT2D eigenvalue weighted by atomic mass is 10.4. The summed E-state index contributed by atoms with van der Waals surface area (Å²) < 4.78 is 6.58. The summed E-state index contributed by atoms with van der Waals surface area (Å²) in [4.78, 5) is 10.9. The van der Waals surface area contributed by atoms with E-state index in [9.17, 15) is 4.79 Å². The lowest BCUT2D eigenvalue weighted by molar-refractivity contribution is -0.129. The Bertz CT molecular complexity index is 602. The van der Waals surface area contributed by atoms with Crippen LogP contribution in [0.3, 0.4) is 0 Å². The van der Waals surface area contributed by atoms with Gasteiger partial charge in [0.05, 0.1) is 12.0 Å². The lowest BCUT2D eigenvalue weighted by Gasteiger charge is -2.09. The standard InChI is InChI=1S/C9H6N4O3S/c14-8(15)5-4-17-9-11-10-7(13(9)12-5)6-2-1-3-16-6/h1-3H,4H2,(H,14,15). The maximum absolute atomic E-state index is 10.9. The van der Waals surface area contributed by atoms with Crippen LogP contribution < -0.4 is 0 Å². The lowest BCUT2D eigenvalue weighted by Crippen LogP contribution is -2.21. The molecule has 0 spiro atoms. The number of rotatable bonds is 2. The Hall–Kier alpha value is -2.09. The van der Waals surface area contributed by atoms with Gasteiger partial charge in [0.15, 0.2) is 11.5 Å². The highest BCUT2D eigenvalue weighted by molar-refractivity contribution is 8.00. The highest BCUT2D eigenvalue weighted by Crippen LogP contribution is 2.27. The smallest absolute Gasteiger partial charge is 0.352 e. The molecular formula is C9H6N4O3S. The minimum Gasteiger partial charge on any atom is -0.477 e. The first-order valence-electron chi connectivity index (χ1n) is 4.69. The summed E-state index contributed by atoms with van der Waals surface area (Å²) in [5.41, 5.74) is 0.0649. The Kier molecular flexibility index (Phi) is 2.22. The highest BCUT2D eigenvalue weighted by Gasteiger charge is 2.23. The zero-order chi connectivity index (χ0) is 11.8. The Balaban J connectivity index is 2.12. The Labute approximate surface area is 99.1 Å². The SMILES string of the molecule is O=C(O)C1=Nn2c(nnc2-c2ccco2)SC1. The predicted molar refractivity (Wildman–Crippen MR) is 58.9 cm³/mol. The van der Waals surface area contributed by atoms with Crippen LogP contribution in [0, 0.1) is 0 Å². The van der Waals surface area contributed by atoms with Crippen LogP contribution in [0.1, 0.15) is 0 Å². The van der Waals surface area contributed by atoms with Gasteiger partial charge in [0.1, 0.15) is 0 Å². The number of carboxylic acids is 1. The summed E-state index contributed by atoms with van der Waals surface area (Å²) >= 11 is 1.28. The van der Waals surface area contributed by atoms with Crippen molar-refractivity contribution in [2.24, 2.45) is 5.10 Å². The average molecular weight is 250 g/mol. The molecule has 8 heteroatoms. The summed E-state index contributed by atoms with van der Waals surface area (Å²) in [5.74, 6) is 0.143. The molecule has 1 aliphatic heterocycles. The van der Waals surface area contributed by atoms with Crippen molar-refractivity contribution in [2.45, 2.75) is 5.16 Å². The minimum absolute atomic E-state index is 0.0649. The van der Waals surface area contributed by atoms with E-state index in [1.54, 1.807) is 12.1 Å². The summed E-state index contributed by atoms with van der Waals surface area (Å²) in [6.45, 7) is 0. The molecule has 86 valence electrons. The van der Waals surface area contributed by atoms with E-state index in [0.29, 0.717) is 16.7 Å². The average Bonchev–Trinajstić information content (AvgIpc) is 2.96. The molecule has 0 amide bonds. The van der Waals surface area contributed by atoms with Gasteiger partial charge in [-0.2, -0.15) is 9.78 Å². The minimum atomic E-state index is -1.04. The van der Waals surface area contributed by atoms with Crippen LogP contribution in [0.15, 0.2) is 33.1 Å². The first kappa shape index (κ1) is 10.1. The van der Waals surface area contributed by atoms with E-state index >= 15 is 0 Å². The second-order valence-corrected chi connectivity index (χ2v) is 4.18. The Morgan fingerprint density at radius 2 is 2.41 bits per heavy atom. The second-order valence-electron chi connectivity index (χ2n) is 3.24. The van der Waals surface area contributed by atoms with Crippen LogP contribution in [-0.2, 0) is 4.79 Å². The summed E-state index contributed by atoms with van der Waals surface area (Å²) in [7, 11) is 0. The number of carbonyl (C=O) groups is 1. The zero-order valence-electron chi connectivity index (χ0n) is 8.40. The number of hydrogen-bond donors (Lipinski definition) is 1. The van der Waals surface area contributed by atoms with Gasteiger partial charge in [-0.1, -0.05) is 11.8 Å². The fraction of sp³-hybridized carbons (Fsp3) is 0.111. The van der Waals surface area contributed by atoms with E-state index in [0.717, 1.165) is 0 Å². The summed E-state index contributed by atoms with van der Waals surface area (Å²) in [6.07, 6.45) is 1.51. The maximum Gasteiger partial charge on any atom is 0.352 e. The molecule has 3 rings (SSSR count). The van der Waals surface area contributed by atoms with Crippen molar-refractivity contribution in [1.82, 2.24) is 14.9 Å². The van der Waals surface area contributed by atoms with Gasteiger partial charge in [0, 0.05) is 0 Å². The van der Waals surface area contributed by atoms with E-state index < -0.39 is 5.97 Å². The molecule has 3 heterocycles. The van der Waals surface area contributed by atoms with Crippen molar-refractivity contribution in [1.29, 1.82) is 0 Å². The molecule has 0 aromatic carbocycles. The van der Waals surface area contributed by atoms with E-state index in [-0.39, 0.29) is 11.5 Å². The third kappa shape index (κ3) is 1.62. The van der Waals surface area contributed by atoms with Crippen LogP contribution in [0.2, 0.25) is 0 Å². The van der Waals surface area contributed by atoms with Crippen molar-refractivity contribution in [3.05, 3.63) is 18.4 Å². The van der Waals surface area contributed by atoms with Gasteiger partial charge in [-0.3, -0.25) is 0 Å². The summed E-state index contributed by atoms with van der Waals surface area (Å²) in [5, 5.41) is 21.3. The van der Waals surface area contributed by atoms with E-state index in [1.165, 1.54) is 22.7 Å². The van der Waals surface area contributed by atoms with Crippen molar-refractivity contribution < 1.29 is 14.3 Å². The van der Waals surface area contributed by atoms with Gasteiger partial charge in [0.2, 0.25) is 11.0 Å². The van der Waals surface area contributed by atoms with Crippen molar-refractivity contribution >= 4 is 23.4 Å². The molecule has 1 aliphatic rings. The third-order valence-electron chi connectivity index (χ3n) is 2.16. The van der Waals surface area contributed by atoms with Gasteiger partial charge < -0.3 is 9.52 Å². The molecule has 0 atom stereocenters. The van der Waals surface area contributed by atoms with Crippen molar-refractivity contribution in [3.63, 3.8) is 0 Å². The normalized spacial score (nSPS) is 14.2. The molecule has 0 aliphatic carbocycles. The molecule has 0 saturated heterocycles. The molecule has 1 N–H and O–H groups in total. The molecule has 0 unspecified atom stereocenters. The monoisotopic (exact) mass is 250 g/mol. The quantitative estimate of drug-likeness (QED) is 0.852. The highest BCUT2D eigenvalue weighted by atomic mass is 32.2. The van der Waals surface area contributed by atoms with Gasteiger partial charge in [-0.15, -0.1) is 10.2 Å². The Morgan fingerprint density at radius 1 is 1.53 bits per heavy atom. The van der Waals surface area contributed by atoms with Crippen LogP contribution in [-0.4, -0.2) is 37.4 Å². The molecule has 0 fully saturated rings. The van der Waals surface area contributed by atoms with Gasteiger partial charge >= 0.3 is 5.97 Å². The maximum atomic E-state index is 10.9. The number of aliphatic carboxylic acids is 1. The van der Waals surface area contributed by atoms with Crippen LogP contribution in [0.25, 0.3) is 11.6 Å². The molecular weight excluding hydrogens is 244 g/mol. The molecule has 2 aromatic heterocycles. The van der Waals surface area contributed by atoms with Crippen LogP contribution in [0.5, 0.6) is 0 Å². The van der Waals surface area contributed by atoms with Crippen LogP contribution >= 0.6 is 11.8 Å². The fourth-order valence-electron chi connectivity index (χ4n) is 1.39. The van der Waals surface area contributed by atoms with Crippen molar-refractivity contribution in [3.8, 4) is 11.6 Å². The van der Waals surface area contributed by atoms with Gasteiger partial charge in [-0.25, -0.2) is 4.79 Å². The van der Waals surface area contributed by atoms with E-state index in [2.05, 4.69) is 15.3 Å². The van der Waals surface area contributed by atoms with Crippen molar-refractivity contribution in [2.75, 3.05) is 5.75 Å². The number of nitrogens with zero attached hydrogens (tertiary/aromatic N) is 4. The number of fused-ring (bicyclic) bond motifs is 1. The zero-order valence-corrected chi connectivity index (χ0v) is 9.22. The van der Waals surface area contributed by atoms with Crippen LogP contribution in [0.4, 0.5) is 0 Å². The van der Waals surface area contributed by atoms with Gasteiger partial charge in [0.25, 0.3) is 0 Å². The second kappa shape index (κ2) is 3.74. The molecule has 7 nitrogen and oxygen atoms in total. The van der Waals surface area contributed by atoms with E-state index in [4.69, 9.17) is 9.52 Å². The summed E-state index contributed by atoms with van der Waals surface area (Å²) in [6, 6.07) is 3.43. The third-order valence-corrected chi connectivity index (χ3v) is 3.09. The van der Waals surface area contributed by atoms with Gasteiger partial charge in [-0.05, 0) is 12.1 Å². The first-order valence-corrected chi connectivity index (χ1v) is 5.67. The first-order chi connectivity index (χ1) is 8.25. The molecule has 0 saturated carbocycles. The number of thioether (sulfide) groups is 1. The Morgan fingerprint density at radius 3 is 3.12 bits per heavy atom. The molecule has 2 aromatic rings.